The van der Waals surface area contributed by atoms with Crippen molar-refractivity contribution in [3.05, 3.63) is 20.9 Å². The first-order valence-electron chi connectivity index (χ1n) is 7.37. The van der Waals surface area contributed by atoms with Gasteiger partial charge in [0.05, 0.1) is 0 Å². The number of rotatable bonds is 1. The van der Waals surface area contributed by atoms with Crippen molar-refractivity contribution < 1.29 is 0 Å². The molecule has 0 aromatic carbocycles. The van der Waals surface area contributed by atoms with E-state index in [0.29, 0.717) is 15.9 Å². The van der Waals surface area contributed by atoms with Crippen LogP contribution in [0.1, 0.15) is 37.9 Å². The van der Waals surface area contributed by atoms with E-state index in [1.807, 2.05) is 0 Å². The van der Waals surface area contributed by atoms with Crippen LogP contribution in [0.25, 0.3) is 11.2 Å². The molecule has 4 aliphatic rings. The second-order valence-corrected chi connectivity index (χ2v) is 7.33. The highest BCUT2D eigenvalue weighted by Gasteiger charge is 2.59. The first kappa shape index (κ1) is 11.3. The van der Waals surface area contributed by atoms with Gasteiger partial charge in [0, 0.05) is 5.41 Å². The smallest absolute Gasteiger partial charge is 0.277 e. The summed E-state index contributed by atoms with van der Waals surface area (Å²) in [5.41, 5.74) is 1.18. The lowest BCUT2D eigenvalue weighted by Gasteiger charge is -2.30. The van der Waals surface area contributed by atoms with Gasteiger partial charge in [0.25, 0.3) is 5.56 Å². The Hall–Kier alpha value is -1.43. The zero-order valence-electron chi connectivity index (χ0n) is 11.0. The molecule has 104 valence electrons. The number of nitrogens with one attached hydrogen (secondary N) is 3. The molecule has 2 aromatic rings. The molecule has 2 aromatic heterocycles. The van der Waals surface area contributed by atoms with Gasteiger partial charge in [-0.1, -0.05) is 0 Å². The van der Waals surface area contributed by atoms with E-state index < -0.39 is 0 Å². The van der Waals surface area contributed by atoms with E-state index in [9.17, 15) is 4.79 Å². The van der Waals surface area contributed by atoms with Crippen LogP contribution in [-0.4, -0.2) is 19.9 Å². The van der Waals surface area contributed by atoms with E-state index in [0.717, 1.165) is 23.6 Å². The predicted molar refractivity (Wildman–Crippen MR) is 77.1 cm³/mol. The SMILES string of the molecule is O=c1[nH]c(=S)[nH]c2nc(C34CC5CC(CC3C5)C4)[nH]c12. The molecule has 4 fully saturated rings. The average molecular weight is 288 g/mol. The summed E-state index contributed by atoms with van der Waals surface area (Å²) in [4.78, 5) is 25.6. The summed E-state index contributed by atoms with van der Waals surface area (Å²) in [6, 6.07) is 0. The number of hydrogen-bond donors (Lipinski definition) is 3. The van der Waals surface area contributed by atoms with Crippen molar-refractivity contribution in [1.29, 1.82) is 0 Å². The molecular formula is C14H16N4OS. The summed E-state index contributed by atoms with van der Waals surface area (Å²) < 4.78 is 0.343. The third kappa shape index (κ3) is 1.26. The van der Waals surface area contributed by atoms with Crippen molar-refractivity contribution in [3.63, 3.8) is 0 Å². The van der Waals surface area contributed by atoms with Gasteiger partial charge in [-0.2, -0.15) is 0 Å². The predicted octanol–water partition coefficient (Wildman–Crippen LogP) is 2.39. The van der Waals surface area contributed by atoms with Crippen molar-refractivity contribution >= 4 is 23.4 Å². The lowest BCUT2D eigenvalue weighted by molar-refractivity contribution is 0.262. The van der Waals surface area contributed by atoms with Crippen LogP contribution in [0.4, 0.5) is 0 Å². The second-order valence-electron chi connectivity index (χ2n) is 6.92. The van der Waals surface area contributed by atoms with Gasteiger partial charge >= 0.3 is 0 Å². The fraction of sp³-hybridized carbons (Fsp3) is 0.643. The van der Waals surface area contributed by atoms with Gasteiger partial charge in [0.15, 0.2) is 10.4 Å². The van der Waals surface area contributed by atoms with E-state index in [4.69, 9.17) is 17.2 Å². The minimum Gasteiger partial charge on any atom is -0.336 e. The van der Waals surface area contributed by atoms with Crippen molar-refractivity contribution in [1.82, 2.24) is 19.9 Å². The Morgan fingerprint density at radius 2 is 1.85 bits per heavy atom. The molecule has 20 heavy (non-hydrogen) atoms. The maximum atomic E-state index is 12.0. The summed E-state index contributed by atoms with van der Waals surface area (Å²) in [5.74, 6) is 3.52. The number of nitrogens with zero attached hydrogens (tertiary/aromatic N) is 1. The number of H-pyrrole nitrogens is 3. The number of hydrogen-bond acceptors (Lipinski definition) is 3. The van der Waals surface area contributed by atoms with Gasteiger partial charge in [-0.25, -0.2) is 4.98 Å². The molecule has 6 heteroatoms. The van der Waals surface area contributed by atoms with E-state index >= 15 is 0 Å². The van der Waals surface area contributed by atoms with Crippen LogP contribution in [0.2, 0.25) is 0 Å². The zero-order chi connectivity index (χ0) is 13.5. The number of aromatic amines is 3. The molecule has 4 bridgehead atoms. The molecule has 6 rings (SSSR count). The van der Waals surface area contributed by atoms with E-state index in [1.54, 1.807) is 0 Å². The third-order valence-electron chi connectivity index (χ3n) is 5.85. The Bertz CT molecular complexity index is 818. The monoisotopic (exact) mass is 288 g/mol. The van der Waals surface area contributed by atoms with Crippen LogP contribution < -0.4 is 5.56 Å². The lowest BCUT2D eigenvalue weighted by Crippen LogP contribution is -2.29. The van der Waals surface area contributed by atoms with E-state index in [1.165, 1.54) is 32.1 Å². The minimum atomic E-state index is -0.170. The topological polar surface area (TPSA) is 77.3 Å². The van der Waals surface area contributed by atoms with Crippen LogP contribution in [0.3, 0.4) is 0 Å². The van der Waals surface area contributed by atoms with Gasteiger partial charge in [-0.05, 0) is 62.1 Å². The number of imidazole rings is 1. The quantitative estimate of drug-likeness (QED) is 0.705. The summed E-state index contributed by atoms with van der Waals surface area (Å²) in [7, 11) is 0. The maximum Gasteiger partial charge on any atom is 0.277 e. The molecule has 0 radical (unpaired) electrons. The molecule has 0 saturated heterocycles. The van der Waals surface area contributed by atoms with Crippen LogP contribution >= 0.6 is 12.2 Å². The third-order valence-corrected chi connectivity index (χ3v) is 6.06. The summed E-state index contributed by atoms with van der Waals surface area (Å²) in [5, 5.41) is 0. The molecule has 0 aliphatic heterocycles. The van der Waals surface area contributed by atoms with Crippen LogP contribution in [0, 0.1) is 22.5 Å². The van der Waals surface area contributed by atoms with Gasteiger partial charge in [0.2, 0.25) is 0 Å². The highest BCUT2D eigenvalue weighted by Crippen LogP contribution is 2.65. The van der Waals surface area contributed by atoms with Crippen molar-refractivity contribution in [2.24, 2.45) is 17.8 Å². The molecular weight excluding hydrogens is 272 g/mol. The normalized spacial score (nSPS) is 38.1. The fourth-order valence-corrected chi connectivity index (χ4v) is 5.54. The molecule has 3 N–H and O–H groups in total. The fourth-order valence-electron chi connectivity index (χ4n) is 5.35. The summed E-state index contributed by atoms with van der Waals surface area (Å²) in [6.45, 7) is 0. The molecule has 4 aliphatic carbocycles. The van der Waals surface area contributed by atoms with Crippen molar-refractivity contribution in [2.75, 3.05) is 0 Å². The van der Waals surface area contributed by atoms with Crippen molar-refractivity contribution in [2.45, 2.75) is 37.5 Å². The highest BCUT2D eigenvalue weighted by molar-refractivity contribution is 7.71. The van der Waals surface area contributed by atoms with E-state index in [2.05, 4.69) is 15.0 Å². The Labute approximate surface area is 120 Å². The lowest BCUT2D eigenvalue weighted by atomic mass is 9.75. The van der Waals surface area contributed by atoms with Crippen LogP contribution in [0.15, 0.2) is 4.79 Å². The molecule has 0 spiro atoms. The first-order valence-corrected chi connectivity index (χ1v) is 7.78. The molecule has 0 amide bonds. The van der Waals surface area contributed by atoms with E-state index in [-0.39, 0.29) is 11.0 Å². The first-order chi connectivity index (χ1) is 9.64. The van der Waals surface area contributed by atoms with Gasteiger partial charge in [-0.15, -0.1) is 0 Å². The van der Waals surface area contributed by atoms with Crippen molar-refractivity contribution in [3.8, 4) is 0 Å². The zero-order valence-corrected chi connectivity index (χ0v) is 11.8. The Kier molecular flexibility index (Phi) is 1.92. The second kappa shape index (κ2) is 3.42. The maximum absolute atomic E-state index is 12.0. The Balaban J connectivity index is 1.74. The largest absolute Gasteiger partial charge is 0.336 e. The van der Waals surface area contributed by atoms with Gasteiger partial charge < -0.3 is 9.97 Å². The number of fused-ring (bicyclic) bond motifs is 1. The average Bonchev–Trinajstić information content (AvgIpc) is 2.98. The standard InChI is InChI=1S/C14H16N4OS/c19-11-9-10(17-13(20)18-11)16-12(15-9)14-4-6-1-7(5-14)3-8(14)2-6/h6-8H,1-5H2,(H3,15,16,17,18,19,20). The van der Waals surface area contributed by atoms with Crippen LogP contribution in [-0.2, 0) is 5.41 Å². The molecule has 4 saturated carbocycles. The molecule has 2 atom stereocenters. The minimum absolute atomic E-state index is 0.170. The van der Waals surface area contributed by atoms with Crippen LogP contribution in [0.5, 0.6) is 0 Å². The summed E-state index contributed by atoms with van der Waals surface area (Å²) >= 11 is 5.02. The number of aromatic nitrogens is 4. The van der Waals surface area contributed by atoms with Gasteiger partial charge in [0.1, 0.15) is 11.3 Å². The summed E-state index contributed by atoms with van der Waals surface area (Å²) in [6.07, 6.45) is 6.58. The molecule has 2 heterocycles. The Morgan fingerprint density at radius 1 is 1.10 bits per heavy atom. The van der Waals surface area contributed by atoms with Gasteiger partial charge in [-0.3, -0.25) is 9.78 Å². The Morgan fingerprint density at radius 3 is 2.60 bits per heavy atom. The molecule has 2 unspecified atom stereocenters. The molecule has 5 nitrogen and oxygen atoms in total. The highest BCUT2D eigenvalue weighted by atomic mass is 32.1.